The van der Waals surface area contributed by atoms with Gasteiger partial charge in [0.05, 0.1) is 11.6 Å². The number of rotatable bonds is 9. The summed E-state index contributed by atoms with van der Waals surface area (Å²) < 4.78 is 5.62. The first kappa shape index (κ1) is 16.4. The van der Waals surface area contributed by atoms with E-state index in [-0.39, 0.29) is 0 Å². The Morgan fingerprint density at radius 3 is 2.53 bits per heavy atom. The van der Waals surface area contributed by atoms with Gasteiger partial charge >= 0.3 is 0 Å². The minimum absolute atomic E-state index is 0.456. The lowest BCUT2D eigenvalue weighted by Gasteiger charge is -2.11. The van der Waals surface area contributed by atoms with Crippen molar-refractivity contribution in [3.63, 3.8) is 0 Å². The Balaban J connectivity index is 2.46. The van der Waals surface area contributed by atoms with E-state index in [0.29, 0.717) is 28.3 Å². The van der Waals surface area contributed by atoms with Crippen molar-refractivity contribution in [2.24, 2.45) is 0 Å². The molecule has 108 valence electrons. The van der Waals surface area contributed by atoms with Gasteiger partial charge in [0, 0.05) is 6.54 Å². The summed E-state index contributed by atoms with van der Waals surface area (Å²) in [6.45, 7) is 5.59. The highest BCUT2D eigenvalue weighted by atomic mass is 35.5. The Labute approximate surface area is 125 Å². The van der Waals surface area contributed by atoms with Crippen molar-refractivity contribution in [3.05, 3.63) is 16.1 Å². The SMILES string of the molecule is CCCCCCCOc1nc(NCC)c(Cl)cc1Cl. The highest BCUT2D eigenvalue weighted by Gasteiger charge is 2.09. The lowest BCUT2D eigenvalue weighted by Crippen LogP contribution is -2.04. The second-order valence-corrected chi connectivity index (χ2v) is 5.21. The average molecular weight is 305 g/mol. The van der Waals surface area contributed by atoms with E-state index >= 15 is 0 Å². The molecule has 5 heteroatoms. The van der Waals surface area contributed by atoms with Gasteiger partial charge in [-0.2, -0.15) is 4.98 Å². The normalized spacial score (nSPS) is 10.5. The van der Waals surface area contributed by atoms with Crippen molar-refractivity contribution >= 4 is 29.0 Å². The molecule has 0 unspecified atom stereocenters. The van der Waals surface area contributed by atoms with Crippen molar-refractivity contribution in [1.29, 1.82) is 0 Å². The third-order valence-corrected chi connectivity index (χ3v) is 3.29. The zero-order valence-corrected chi connectivity index (χ0v) is 13.2. The number of nitrogens with zero attached hydrogens (tertiary/aromatic N) is 1. The fourth-order valence-corrected chi connectivity index (χ4v) is 2.20. The quantitative estimate of drug-likeness (QED) is 0.639. The number of pyridine rings is 1. The maximum atomic E-state index is 6.06. The summed E-state index contributed by atoms with van der Waals surface area (Å²) in [6, 6.07) is 1.67. The molecule has 0 saturated carbocycles. The summed E-state index contributed by atoms with van der Waals surface area (Å²) in [4.78, 5) is 4.30. The van der Waals surface area contributed by atoms with Crippen LogP contribution in [0, 0.1) is 0 Å². The lowest BCUT2D eigenvalue weighted by molar-refractivity contribution is 0.294. The Bertz CT molecular complexity index is 386. The van der Waals surface area contributed by atoms with Crippen molar-refractivity contribution in [1.82, 2.24) is 4.98 Å². The number of nitrogens with one attached hydrogen (secondary N) is 1. The summed E-state index contributed by atoms with van der Waals surface area (Å²) in [5.41, 5.74) is 0. The molecule has 0 atom stereocenters. The van der Waals surface area contributed by atoms with Crippen molar-refractivity contribution in [2.75, 3.05) is 18.5 Å². The van der Waals surface area contributed by atoms with Crippen LogP contribution in [0.1, 0.15) is 46.0 Å². The topological polar surface area (TPSA) is 34.1 Å². The minimum atomic E-state index is 0.456. The van der Waals surface area contributed by atoms with Crippen LogP contribution in [0.5, 0.6) is 5.88 Å². The van der Waals surface area contributed by atoms with Gasteiger partial charge in [-0.1, -0.05) is 55.8 Å². The monoisotopic (exact) mass is 304 g/mol. The molecule has 0 radical (unpaired) electrons. The second kappa shape index (κ2) is 9.27. The number of halogens is 2. The van der Waals surface area contributed by atoms with Crippen molar-refractivity contribution in [2.45, 2.75) is 46.0 Å². The fourth-order valence-electron chi connectivity index (χ4n) is 1.72. The Hall–Kier alpha value is -0.670. The van der Waals surface area contributed by atoms with Crippen LogP contribution in [-0.2, 0) is 0 Å². The molecule has 0 fully saturated rings. The van der Waals surface area contributed by atoms with Gasteiger partial charge in [-0.05, 0) is 19.4 Å². The summed E-state index contributed by atoms with van der Waals surface area (Å²) in [5, 5.41) is 4.05. The number of anilines is 1. The molecule has 0 amide bonds. The summed E-state index contributed by atoms with van der Waals surface area (Å²) in [5.74, 6) is 1.08. The van der Waals surface area contributed by atoms with Gasteiger partial charge in [0.25, 0.3) is 0 Å². The van der Waals surface area contributed by atoms with E-state index in [1.165, 1.54) is 25.7 Å². The highest BCUT2D eigenvalue weighted by molar-refractivity contribution is 6.36. The summed E-state index contributed by atoms with van der Waals surface area (Å²) >= 11 is 12.1. The molecule has 1 aromatic rings. The maximum Gasteiger partial charge on any atom is 0.234 e. The van der Waals surface area contributed by atoms with Crippen LogP contribution in [0.3, 0.4) is 0 Å². The fraction of sp³-hybridized carbons (Fsp3) is 0.643. The van der Waals surface area contributed by atoms with Crippen LogP contribution >= 0.6 is 23.2 Å². The number of hydrogen-bond donors (Lipinski definition) is 1. The van der Waals surface area contributed by atoms with Crippen LogP contribution in [0.2, 0.25) is 10.0 Å². The molecular weight excluding hydrogens is 283 g/mol. The molecule has 3 nitrogen and oxygen atoms in total. The Morgan fingerprint density at radius 1 is 1.11 bits per heavy atom. The zero-order chi connectivity index (χ0) is 14.1. The van der Waals surface area contributed by atoms with E-state index in [1.807, 2.05) is 6.92 Å². The molecule has 0 bridgehead atoms. The van der Waals surface area contributed by atoms with E-state index in [1.54, 1.807) is 6.07 Å². The first-order valence-corrected chi connectivity index (χ1v) is 7.67. The molecule has 0 aliphatic heterocycles. The van der Waals surface area contributed by atoms with Crippen molar-refractivity contribution in [3.8, 4) is 5.88 Å². The molecular formula is C14H22Cl2N2O. The van der Waals surface area contributed by atoms with Crippen molar-refractivity contribution < 1.29 is 4.74 Å². The van der Waals surface area contributed by atoms with E-state index in [0.717, 1.165) is 13.0 Å². The van der Waals surface area contributed by atoms with E-state index < -0.39 is 0 Å². The molecule has 19 heavy (non-hydrogen) atoms. The molecule has 1 N–H and O–H groups in total. The molecule has 0 aromatic carbocycles. The maximum absolute atomic E-state index is 6.06. The summed E-state index contributed by atoms with van der Waals surface area (Å²) in [6.07, 6.45) is 5.99. The van der Waals surface area contributed by atoms with Gasteiger partial charge in [-0.3, -0.25) is 0 Å². The average Bonchev–Trinajstić information content (AvgIpc) is 2.38. The molecule has 1 aromatic heterocycles. The molecule has 1 rings (SSSR count). The van der Waals surface area contributed by atoms with E-state index in [2.05, 4.69) is 17.2 Å². The third kappa shape index (κ3) is 5.87. The largest absolute Gasteiger partial charge is 0.477 e. The zero-order valence-electron chi connectivity index (χ0n) is 11.6. The van der Waals surface area contributed by atoms with Gasteiger partial charge in [0.2, 0.25) is 5.88 Å². The smallest absolute Gasteiger partial charge is 0.234 e. The molecule has 1 heterocycles. The van der Waals surface area contributed by atoms with Crippen LogP contribution in [0.4, 0.5) is 5.82 Å². The predicted molar refractivity (Wildman–Crippen MR) is 82.7 cm³/mol. The molecule has 0 aliphatic carbocycles. The predicted octanol–water partition coefficient (Wildman–Crippen LogP) is 5.17. The van der Waals surface area contributed by atoms with Gasteiger partial charge < -0.3 is 10.1 Å². The van der Waals surface area contributed by atoms with Crippen LogP contribution in [-0.4, -0.2) is 18.1 Å². The number of hydrogen-bond acceptors (Lipinski definition) is 3. The van der Waals surface area contributed by atoms with Gasteiger partial charge in [-0.15, -0.1) is 0 Å². The second-order valence-electron chi connectivity index (χ2n) is 4.40. The van der Waals surface area contributed by atoms with Crippen LogP contribution < -0.4 is 10.1 Å². The third-order valence-electron chi connectivity index (χ3n) is 2.73. The standard InChI is InChI=1S/C14H22Cl2N2O/c1-3-5-6-7-8-9-19-14-12(16)10-11(15)13(18-14)17-4-2/h10H,3-9H2,1-2H3,(H,17,18). The van der Waals surface area contributed by atoms with Gasteiger partial charge in [-0.25, -0.2) is 0 Å². The lowest BCUT2D eigenvalue weighted by atomic mass is 10.2. The minimum Gasteiger partial charge on any atom is -0.477 e. The molecule has 0 aliphatic rings. The summed E-state index contributed by atoms with van der Waals surface area (Å²) in [7, 11) is 0. The number of aromatic nitrogens is 1. The first-order chi connectivity index (χ1) is 9.19. The van der Waals surface area contributed by atoms with Crippen LogP contribution in [0.15, 0.2) is 6.07 Å². The Morgan fingerprint density at radius 2 is 1.84 bits per heavy atom. The van der Waals surface area contributed by atoms with Gasteiger partial charge in [0.15, 0.2) is 0 Å². The van der Waals surface area contributed by atoms with Crippen LogP contribution in [0.25, 0.3) is 0 Å². The molecule has 0 spiro atoms. The number of unbranched alkanes of at least 4 members (excludes halogenated alkanes) is 4. The Kier molecular flexibility index (Phi) is 7.99. The number of ether oxygens (including phenoxy) is 1. The first-order valence-electron chi connectivity index (χ1n) is 6.91. The van der Waals surface area contributed by atoms with Gasteiger partial charge in [0.1, 0.15) is 10.8 Å². The van der Waals surface area contributed by atoms with E-state index in [9.17, 15) is 0 Å². The van der Waals surface area contributed by atoms with E-state index in [4.69, 9.17) is 27.9 Å². The highest BCUT2D eigenvalue weighted by Crippen LogP contribution is 2.30. The molecule has 0 saturated heterocycles.